The van der Waals surface area contributed by atoms with Crippen molar-refractivity contribution in [1.29, 1.82) is 0 Å². The first-order valence-electron chi connectivity index (χ1n) is 8.63. The number of nitrogens with one attached hydrogen (secondary N) is 2. The van der Waals surface area contributed by atoms with Crippen LogP contribution in [0.5, 0.6) is 5.75 Å². The zero-order valence-corrected chi connectivity index (χ0v) is 15.8. The topological polar surface area (TPSA) is 79.8 Å². The first-order valence-corrected chi connectivity index (χ1v) is 8.63. The molecule has 0 heterocycles. The fourth-order valence-corrected chi connectivity index (χ4v) is 2.31. The average Bonchev–Trinajstić information content (AvgIpc) is 2.70. The number of methoxy groups -OCH3 is 1. The van der Waals surface area contributed by atoms with Crippen molar-refractivity contribution in [1.82, 2.24) is 5.43 Å². The predicted octanol–water partition coefficient (Wildman–Crippen LogP) is 3.67. The lowest BCUT2D eigenvalue weighted by atomic mass is 10.1. The van der Waals surface area contributed by atoms with Gasteiger partial charge in [0.25, 0.3) is 0 Å². The van der Waals surface area contributed by atoms with E-state index in [2.05, 4.69) is 10.5 Å². The molecule has 0 saturated heterocycles. The van der Waals surface area contributed by atoms with Crippen LogP contribution in [0.25, 0.3) is 0 Å². The van der Waals surface area contributed by atoms with Crippen molar-refractivity contribution in [3.05, 3.63) is 59.7 Å². The van der Waals surface area contributed by atoms with Crippen LogP contribution in [0.15, 0.2) is 53.6 Å². The smallest absolute Gasteiger partial charge is 0.471 e. The van der Waals surface area contributed by atoms with Crippen molar-refractivity contribution < 1.29 is 27.5 Å². The number of carbonyl (C=O) groups excluding carboxylic acids is 2. The van der Waals surface area contributed by atoms with E-state index < -0.39 is 12.1 Å². The molecule has 2 N–H and O–H groups in total. The molecule has 0 saturated carbocycles. The van der Waals surface area contributed by atoms with E-state index in [1.807, 2.05) is 24.3 Å². The van der Waals surface area contributed by atoms with E-state index >= 15 is 0 Å². The van der Waals surface area contributed by atoms with Crippen LogP contribution in [0.2, 0.25) is 0 Å². The van der Waals surface area contributed by atoms with E-state index in [-0.39, 0.29) is 18.0 Å². The molecule has 2 aromatic rings. The molecule has 9 heteroatoms. The third-order valence-electron chi connectivity index (χ3n) is 3.97. The maximum Gasteiger partial charge on any atom is 0.471 e. The summed E-state index contributed by atoms with van der Waals surface area (Å²) in [5.41, 5.74) is 4.49. The van der Waals surface area contributed by atoms with Gasteiger partial charge in [-0.1, -0.05) is 24.3 Å². The number of benzene rings is 2. The van der Waals surface area contributed by atoms with Crippen molar-refractivity contribution in [2.24, 2.45) is 5.10 Å². The van der Waals surface area contributed by atoms with Gasteiger partial charge in [-0.15, -0.1) is 0 Å². The zero-order valence-electron chi connectivity index (χ0n) is 15.8. The normalized spacial score (nSPS) is 11.7. The van der Waals surface area contributed by atoms with E-state index in [0.29, 0.717) is 17.7 Å². The van der Waals surface area contributed by atoms with Gasteiger partial charge >= 0.3 is 12.1 Å². The summed E-state index contributed by atoms with van der Waals surface area (Å²) in [5.74, 6) is -1.57. The molecule has 0 aromatic heterocycles. The summed E-state index contributed by atoms with van der Waals surface area (Å²) in [7, 11) is 1.58. The number of anilines is 1. The molecule has 29 heavy (non-hydrogen) atoms. The van der Waals surface area contributed by atoms with Gasteiger partial charge in [-0.05, 0) is 48.7 Å². The lowest BCUT2D eigenvalue weighted by molar-refractivity contribution is -0.167. The first-order chi connectivity index (χ1) is 13.7. The minimum Gasteiger partial charge on any atom is -0.497 e. The van der Waals surface area contributed by atoms with Crippen LogP contribution in [0.1, 0.15) is 24.5 Å². The largest absolute Gasteiger partial charge is 0.497 e. The highest BCUT2D eigenvalue weighted by atomic mass is 19.4. The highest BCUT2D eigenvalue weighted by Gasteiger charge is 2.38. The monoisotopic (exact) mass is 407 g/mol. The van der Waals surface area contributed by atoms with E-state index in [1.165, 1.54) is 24.3 Å². The molecular formula is C20H20F3N3O3. The second kappa shape index (κ2) is 9.72. The number of ether oxygens (including phenoxy) is 1. The van der Waals surface area contributed by atoms with Gasteiger partial charge in [0.05, 0.1) is 12.8 Å². The Labute approximate surface area is 165 Å². The van der Waals surface area contributed by atoms with E-state index in [1.54, 1.807) is 19.4 Å². The summed E-state index contributed by atoms with van der Waals surface area (Å²) in [6.07, 6.45) is -4.17. The molecule has 2 amide bonds. The lowest BCUT2D eigenvalue weighted by Crippen LogP contribution is -2.29. The molecule has 0 spiro atoms. The van der Waals surface area contributed by atoms with Crippen molar-refractivity contribution in [2.75, 3.05) is 12.4 Å². The van der Waals surface area contributed by atoms with Crippen LogP contribution in [0.3, 0.4) is 0 Å². The number of amides is 2. The summed E-state index contributed by atoms with van der Waals surface area (Å²) in [4.78, 5) is 22.9. The van der Waals surface area contributed by atoms with E-state index in [0.717, 1.165) is 11.3 Å². The van der Waals surface area contributed by atoms with Crippen molar-refractivity contribution >= 4 is 23.2 Å². The van der Waals surface area contributed by atoms with Gasteiger partial charge in [-0.3, -0.25) is 9.59 Å². The fraction of sp³-hybridized carbons (Fsp3) is 0.250. The highest BCUT2D eigenvalue weighted by molar-refractivity contribution is 6.00. The van der Waals surface area contributed by atoms with Gasteiger partial charge in [0.2, 0.25) is 5.91 Å². The number of alkyl halides is 3. The third kappa shape index (κ3) is 6.95. The molecule has 0 fully saturated rings. The Bertz CT molecular complexity index is 877. The summed E-state index contributed by atoms with van der Waals surface area (Å²) >= 11 is 0. The number of nitrogens with zero attached hydrogens (tertiary/aromatic N) is 1. The molecule has 0 radical (unpaired) electrons. The summed E-state index contributed by atoms with van der Waals surface area (Å²) in [6, 6.07) is 13.0. The molecule has 0 bridgehead atoms. The fourth-order valence-electron chi connectivity index (χ4n) is 2.31. The second-order valence-electron chi connectivity index (χ2n) is 6.11. The molecular weight excluding hydrogens is 387 g/mol. The Balaban J connectivity index is 1.86. The van der Waals surface area contributed by atoms with Crippen LogP contribution in [0.4, 0.5) is 18.9 Å². The summed E-state index contributed by atoms with van der Waals surface area (Å²) in [5, 5.41) is 5.75. The maximum atomic E-state index is 12.2. The minimum absolute atomic E-state index is 0.00685. The van der Waals surface area contributed by atoms with Crippen molar-refractivity contribution in [3.63, 3.8) is 0 Å². The summed E-state index contributed by atoms with van der Waals surface area (Å²) < 4.78 is 41.8. The van der Waals surface area contributed by atoms with Gasteiger partial charge in [0.1, 0.15) is 5.75 Å². The molecule has 0 atom stereocenters. The van der Waals surface area contributed by atoms with Crippen molar-refractivity contribution in [2.45, 2.75) is 25.9 Å². The molecule has 0 unspecified atom stereocenters. The average molecular weight is 407 g/mol. The Morgan fingerprint density at radius 2 is 1.66 bits per heavy atom. The molecule has 0 aliphatic heterocycles. The molecule has 6 nitrogen and oxygen atoms in total. The molecule has 154 valence electrons. The SMILES string of the molecule is COc1ccc(CCC(=O)NN=C(C)c2ccc(NC(=O)C(F)(F)F)cc2)cc1. The van der Waals surface area contributed by atoms with Gasteiger partial charge in [0.15, 0.2) is 0 Å². The number of rotatable bonds is 7. The van der Waals surface area contributed by atoms with Gasteiger partial charge in [-0.25, -0.2) is 5.43 Å². The van der Waals surface area contributed by atoms with Gasteiger partial charge < -0.3 is 10.1 Å². The Kier molecular flexibility index (Phi) is 7.35. The lowest BCUT2D eigenvalue weighted by Gasteiger charge is -2.08. The predicted molar refractivity (Wildman–Crippen MR) is 103 cm³/mol. The number of hydrazone groups is 1. The first kappa shape index (κ1) is 21.9. The Hall–Kier alpha value is -3.36. The quantitative estimate of drug-likeness (QED) is 0.543. The standard InChI is InChI=1S/C20H20F3N3O3/c1-13(15-6-8-16(9-7-15)24-19(28)20(21,22)23)25-26-18(27)12-5-14-3-10-17(29-2)11-4-14/h3-4,6-11H,5,12H2,1-2H3,(H,24,28)(H,26,27). The van der Waals surface area contributed by atoms with Gasteiger partial charge in [-0.2, -0.15) is 18.3 Å². The number of aryl methyl sites for hydroxylation is 1. The summed E-state index contributed by atoms with van der Waals surface area (Å²) in [6.45, 7) is 1.65. The third-order valence-corrected chi connectivity index (χ3v) is 3.97. The molecule has 2 rings (SSSR count). The van der Waals surface area contributed by atoms with E-state index in [4.69, 9.17) is 4.74 Å². The van der Waals surface area contributed by atoms with Gasteiger partial charge in [0, 0.05) is 12.1 Å². The minimum atomic E-state index is -4.95. The van der Waals surface area contributed by atoms with Crippen LogP contribution in [-0.2, 0) is 16.0 Å². The van der Waals surface area contributed by atoms with Crippen LogP contribution < -0.4 is 15.5 Å². The van der Waals surface area contributed by atoms with E-state index in [9.17, 15) is 22.8 Å². The van der Waals surface area contributed by atoms with Crippen molar-refractivity contribution in [3.8, 4) is 5.75 Å². The Morgan fingerprint density at radius 3 is 2.21 bits per heavy atom. The maximum absolute atomic E-state index is 12.2. The number of hydrogen-bond acceptors (Lipinski definition) is 4. The number of carbonyl (C=O) groups is 2. The second-order valence-corrected chi connectivity index (χ2v) is 6.11. The zero-order chi connectivity index (χ0) is 21.4. The van der Waals surface area contributed by atoms with Crippen LogP contribution in [0, 0.1) is 0 Å². The number of hydrogen-bond donors (Lipinski definition) is 2. The highest BCUT2D eigenvalue weighted by Crippen LogP contribution is 2.18. The van der Waals surface area contributed by atoms with Crippen LogP contribution in [-0.4, -0.2) is 30.8 Å². The Morgan fingerprint density at radius 1 is 1.03 bits per heavy atom. The molecule has 2 aromatic carbocycles. The number of halogens is 3. The molecule has 0 aliphatic carbocycles. The molecule has 0 aliphatic rings. The van der Waals surface area contributed by atoms with Crippen LogP contribution >= 0.6 is 0 Å².